The number of hydrogen-bond acceptors (Lipinski definition) is 2. The lowest BCUT2D eigenvalue weighted by molar-refractivity contribution is 0.424. The third-order valence-electron chi connectivity index (χ3n) is 3.69. The van der Waals surface area contributed by atoms with Gasteiger partial charge in [0.05, 0.1) is 16.4 Å². The summed E-state index contributed by atoms with van der Waals surface area (Å²) in [5, 5.41) is 8.85. The molecule has 1 N–H and O–H groups in total. The first-order valence-corrected chi connectivity index (χ1v) is 7.89. The molecule has 2 aromatic rings. The Bertz CT molecular complexity index is 636. The number of aromatic nitrogens is 2. The summed E-state index contributed by atoms with van der Waals surface area (Å²) < 4.78 is 1.89. The van der Waals surface area contributed by atoms with Crippen molar-refractivity contribution in [3.63, 3.8) is 0 Å². The van der Waals surface area contributed by atoms with Crippen LogP contribution in [0.5, 0.6) is 0 Å². The molecule has 0 bridgehead atoms. The predicted molar refractivity (Wildman–Crippen MR) is 87.1 cm³/mol. The molecule has 3 nitrogen and oxygen atoms in total. The number of rotatable bonds is 4. The number of nitrogens with zero attached hydrogens (tertiary/aromatic N) is 2. The summed E-state index contributed by atoms with van der Waals surface area (Å²) >= 11 is 6.43. The van der Waals surface area contributed by atoms with Crippen LogP contribution in [0.25, 0.3) is 5.69 Å². The molecule has 0 spiro atoms. The van der Waals surface area contributed by atoms with Crippen molar-refractivity contribution in [2.24, 2.45) is 0 Å². The summed E-state index contributed by atoms with van der Waals surface area (Å²) in [5.41, 5.74) is 3.42. The van der Waals surface area contributed by atoms with Crippen LogP contribution in [0.2, 0.25) is 5.02 Å². The second kappa shape index (κ2) is 5.47. The molecule has 0 unspecified atom stereocenters. The van der Waals surface area contributed by atoms with Crippen LogP contribution >= 0.6 is 11.6 Å². The normalized spacial score (nSPS) is 15.4. The van der Waals surface area contributed by atoms with Crippen molar-refractivity contribution in [2.45, 2.75) is 51.6 Å². The molecule has 1 saturated carbocycles. The summed E-state index contributed by atoms with van der Waals surface area (Å²) in [4.78, 5) is 0. The molecule has 1 aromatic heterocycles. The van der Waals surface area contributed by atoms with E-state index < -0.39 is 0 Å². The Morgan fingerprint density at radius 3 is 2.67 bits per heavy atom. The Morgan fingerprint density at radius 2 is 2.05 bits per heavy atom. The van der Waals surface area contributed by atoms with Crippen LogP contribution < -0.4 is 5.32 Å². The van der Waals surface area contributed by atoms with E-state index in [4.69, 9.17) is 11.6 Å². The molecule has 1 fully saturated rings. The molecule has 4 heteroatoms. The summed E-state index contributed by atoms with van der Waals surface area (Å²) in [5.74, 6) is 0.667. The van der Waals surface area contributed by atoms with Crippen LogP contribution in [0, 0.1) is 0 Å². The van der Waals surface area contributed by atoms with Gasteiger partial charge in [0, 0.05) is 24.2 Å². The molecule has 1 aromatic carbocycles. The zero-order valence-electron chi connectivity index (χ0n) is 12.9. The third-order valence-corrected chi connectivity index (χ3v) is 3.99. The Labute approximate surface area is 131 Å². The second-order valence-electron chi connectivity index (χ2n) is 6.85. The van der Waals surface area contributed by atoms with Gasteiger partial charge in [-0.25, -0.2) is 4.68 Å². The molecule has 0 amide bonds. The summed E-state index contributed by atoms with van der Waals surface area (Å²) in [6, 6.07) is 8.28. The third kappa shape index (κ3) is 3.66. The van der Waals surface area contributed by atoms with Gasteiger partial charge in [-0.05, 0) is 57.4 Å². The number of halogens is 1. The highest BCUT2D eigenvalue weighted by Gasteiger charge is 2.26. The monoisotopic (exact) mass is 303 g/mol. The largest absolute Gasteiger partial charge is 0.308 e. The van der Waals surface area contributed by atoms with Gasteiger partial charge in [0.25, 0.3) is 0 Å². The van der Waals surface area contributed by atoms with E-state index in [1.165, 1.54) is 24.1 Å². The maximum Gasteiger partial charge on any atom is 0.0832 e. The Balaban J connectivity index is 1.76. The van der Waals surface area contributed by atoms with E-state index >= 15 is 0 Å². The van der Waals surface area contributed by atoms with Crippen molar-refractivity contribution < 1.29 is 0 Å². The summed E-state index contributed by atoms with van der Waals surface area (Å²) in [7, 11) is 0. The fraction of sp³-hybridized carbons (Fsp3) is 0.471. The van der Waals surface area contributed by atoms with E-state index in [0.29, 0.717) is 5.92 Å². The van der Waals surface area contributed by atoms with E-state index in [1.54, 1.807) is 0 Å². The zero-order valence-corrected chi connectivity index (χ0v) is 13.6. The van der Waals surface area contributed by atoms with E-state index in [0.717, 1.165) is 17.3 Å². The van der Waals surface area contributed by atoms with E-state index in [9.17, 15) is 0 Å². The van der Waals surface area contributed by atoms with Crippen LogP contribution in [0.4, 0.5) is 0 Å². The Kier molecular flexibility index (Phi) is 3.80. The van der Waals surface area contributed by atoms with Crippen molar-refractivity contribution >= 4 is 11.6 Å². The second-order valence-corrected chi connectivity index (χ2v) is 7.26. The van der Waals surface area contributed by atoms with Crippen molar-refractivity contribution in [2.75, 3.05) is 0 Å². The highest BCUT2D eigenvalue weighted by Crippen LogP contribution is 2.39. The van der Waals surface area contributed by atoms with Gasteiger partial charge in [-0.1, -0.05) is 17.7 Å². The molecule has 1 aliphatic rings. The van der Waals surface area contributed by atoms with Crippen LogP contribution in [0.3, 0.4) is 0 Å². The molecule has 0 saturated heterocycles. The van der Waals surface area contributed by atoms with Crippen molar-refractivity contribution in [3.05, 3.63) is 46.7 Å². The summed E-state index contributed by atoms with van der Waals surface area (Å²) in [6.45, 7) is 7.29. The molecule has 0 aliphatic heterocycles. The molecule has 1 heterocycles. The van der Waals surface area contributed by atoms with Gasteiger partial charge in [0.15, 0.2) is 0 Å². The fourth-order valence-electron chi connectivity index (χ4n) is 2.28. The topological polar surface area (TPSA) is 29.9 Å². The van der Waals surface area contributed by atoms with Gasteiger partial charge in [-0.3, -0.25) is 0 Å². The highest BCUT2D eigenvalue weighted by molar-refractivity contribution is 6.32. The van der Waals surface area contributed by atoms with Crippen LogP contribution in [0.1, 0.15) is 50.8 Å². The Hall–Kier alpha value is -1.32. The average Bonchev–Trinajstić information content (AvgIpc) is 3.15. The van der Waals surface area contributed by atoms with Crippen molar-refractivity contribution in [1.29, 1.82) is 0 Å². The summed E-state index contributed by atoms with van der Waals surface area (Å²) in [6.07, 6.45) is 4.53. The highest BCUT2D eigenvalue weighted by atomic mass is 35.5. The SMILES string of the molecule is CC(C)(C)NCc1ccc(-n2ccc(C3CC3)n2)c(Cl)c1. The average molecular weight is 304 g/mol. The minimum Gasteiger partial charge on any atom is -0.308 e. The first-order chi connectivity index (χ1) is 9.92. The molecule has 21 heavy (non-hydrogen) atoms. The first kappa shape index (κ1) is 14.6. The van der Waals surface area contributed by atoms with E-state index in [2.05, 4.69) is 43.3 Å². The standard InChI is InChI=1S/C17H22ClN3/c1-17(2,3)19-11-12-4-7-16(14(18)10-12)21-9-8-15(20-21)13-5-6-13/h4,7-10,13,19H,5-6,11H2,1-3H3. The minimum absolute atomic E-state index is 0.103. The van der Waals surface area contributed by atoms with Crippen molar-refractivity contribution in [1.82, 2.24) is 15.1 Å². The van der Waals surface area contributed by atoms with Gasteiger partial charge in [-0.15, -0.1) is 0 Å². The lowest BCUT2D eigenvalue weighted by Gasteiger charge is -2.20. The first-order valence-electron chi connectivity index (χ1n) is 7.52. The molecule has 3 rings (SSSR count). The number of benzene rings is 1. The van der Waals surface area contributed by atoms with Crippen LogP contribution in [-0.4, -0.2) is 15.3 Å². The lowest BCUT2D eigenvalue weighted by atomic mass is 10.1. The lowest BCUT2D eigenvalue weighted by Crippen LogP contribution is -2.35. The molecular formula is C17H22ClN3. The molecule has 0 atom stereocenters. The minimum atomic E-state index is 0.103. The zero-order chi connectivity index (χ0) is 15.0. The van der Waals surface area contributed by atoms with E-state index in [-0.39, 0.29) is 5.54 Å². The number of nitrogens with one attached hydrogen (secondary N) is 1. The van der Waals surface area contributed by atoms with Crippen molar-refractivity contribution in [3.8, 4) is 5.69 Å². The molecule has 112 valence electrons. The van der Waals surface area contributed by atoms with Gasteiger partial charge in [0.2, 0.25) is 0 Å². The smallest absolute Gasteiger partial charge is 0.0832 e. The van der Waals surface area contributed by atoms with Crippen LogP contribution in [0.15, 0.2) is 30.5 Å². The van der Waals surface area contributed by atoms with Gasteiger partial charge in [0.1, 0.15) is 0 Å². The van der Waals surface area contributed by atoms with E-state index in [1.807, 2.05) is 23.0 Å². The van der Waals surface area contributed by atoms with Gasteiger partial charge < -0.3 is 5.32 Å². The maximum absolute atomic E-state index is 6.43. The predicted octanol–water partition coefficient (Wildman–Crippen LogP) is 4.29. The molecular weight excluding hydrogens is 282 g/mol. The van der Waals surface area contributed by atoms with Crippen LogP contribution in [-0.2, 0) is 6.54 Å². The van der Waals surface area contributed by atoms with Gasteiger partial charge in [-0.2, -0.15) is 5.10 Å². The maximum atomic E-state index is 6.43. The van der Waals surface area contributed by atoms with Gasteiger partial charge >= 0.3 is 0 Å². The fourth-order valence-corrected chi connectivity index (χ4v) is 2.57. The Morgan fingerprint density at radius 1 is 1.29 bits per heavy atom. The quantitative estimate of drug-likeness (QED) is 0.913. The molecule has 1 aliphatic carbocycles. The molecule has 0 radical (unpaired) electrons. The number of hydrogen-bond donors (Lipinski definition) is 1.